The van der Waals surface area contributed by atoms with Crippen molar-refractivity contribution in [3.8, 4) is 0 Å². The molecule has 1 atom stereocenters. The summed E-state index contributed by atoms with van der Waals surface area (Å²) >= 11 is 11.6. The predicted octanol–water partition coefficient (Wildman–Crippen LogP) is 5.91. The summed E-state index contributed by atoms with van der Waals surface area (Å²) in [4.78, 5) is 12.5. The molecule has 0 spiro atoms. The van der Waals surface area contributed by atoms with Gasteiger partial charge >= 0.3 is 6.18 Å². The van der Waals surface area contributed by atoms with Crippen LogP contribution in [-0.2, 0) is 0 Å². The van der Waals surface area contributed by atoms with E-state index in [1.54, 1.807) is 12.1 Å². The summed E-state index contributed by atoms with van der Waals surface area (Å²) in [7, 11) is 0. The third kappa shape index (κ3) is 4.49. The number of alkyl halides is 3. The van der Waals surface area contributed by atoms with Crippen LogP contribution in [0, 0.1) is 0 Å². The van der Waals surface area contributed by atoms with E-state index in [0.29, 0.717) is 5.02 Å². The first-order valence-electron chi connectivity index (χ1n) is 6.38. The van der Waals surface area contributed by atoms with Gasteiger partial charge in [-0.3, -0.25) is 4.79 Å². The van der Waals surface area contributed by atoms with E-state index in [1.165, 1.54) is 36.4 Å². The lowest BCUT2D eigenvalue weighted by molar-refractivity contribution is -0.136. The summed E-state index contributed by atoms with van der Waals surface area (Å²) in [6, 6.07) is 11.8. The highest BCUT2D eigenvalue weighted by atomic mass is 35.5. The Hall–Kier alpha value is -1.52. The highest BCUT2D eigenvalue weighted by Crippen LogP contribution is 2.34. The normalized spacial score (nSPS) is 13.0. The molecule has 116 valence electrons. The van der Waals surface area contributed by atoms with Crippen LogP contribution in [0.2, 0.25) is 10.0 Å². The number of ketones is 1. The molecule has 0 aliphatic carbocycles. The van der Waals surface area contributed by atoms with Crippen molar-refractivity contribution in [1.29, 1.82) is 0 Å². The molecule has 0 amide bonds. The molecule has 2 aromatic carbocycles. The summed E-state index contributed by atoms with van der Waals surface area (Å²) in [5.74, 6) is -1.99. The Bertz CT molecular complexity index is 683. The average Bonchev–Trinajstić information content (AvgIpc) is 2.43. The van der Waals surface area contributed by atoms with E-state index in [0.717, 1.165) is 0 Å². The summed E-state index contributed by atoms with van der Waals surface area (Å²) in [6.07, 6.45) is -5.72. The number of Topliss-reactive ketones (excluding diaryl/α,β-unsaturated/α-hetero) is 1. The molecule has 0 heterocycles. The highest BCUT2D eigenvalue weighted by Gasteiger charge is 2.36. The standard InChI is InChI=1S/C16H11Cl2F3O/c17-12-5-1-3-10(7-12)14(9-16(19,20)21)15(22)11-4-2-6-13(18)8-11/h1-8,14H,9H2. The fourth-order valence-electron chi connectivity index (χ4n) is 2.16. The topological polar surface area (TPSA) is 17.1 Å². The molecule has 6 heteroatoms. The Morgan fingerprint density at radius 2 is 1.59 bits per heavy atom. The first-order chi connectivity index (χ1) is 10.3. The van der Waals surface area contributed by atoms with Gasteiger partial charge in [0.1, 0.15) is 0 Å². The zero-order chi connectivity index (χ0) is 16.3. The molecule has 0 aliphatic heterocycles. The molecule has 2 aromatic rings. The lowest BCUT2D eigenvalue weighted by Crippen LogP contribution is -2.21. The molecular weight excluding hydrogens is 336 g/mol. The van der Waals surface area contributed by atoms with Crippen LogP contribution < -0.4 is 0 Å². The molecule has 1 unspecified atom stereocenters. The minimum atomic E-state index is -4.47. The molecule has 0 saturated heterocycles. The molecular formula is C16H11Cl2F3O. The van der Waals surface area contributed by atoms with Crippen LogP contribution in [0.3, 0.4) is 0 Å². The fourth-order valence-corrected chi connectivity index (χ4v) is 2.55. The van der Waals surface area contributed by atoms with Gasteiger partial charge < -0.3 is 0 Å². The Balaban J connectivity index is 2.42. The second-order valence-electron chi connectivity index (χ2n) is 4.80. The van der Waals surface area contributed by atoms with Crippen molar-refractivity contribution < 1.29 is 18.0 Å². The zero-order valence-corrected chi connectivity index (χ0v) is 12.7. The van der Waals surface area contributed by atoms with Crippen LogP contribution in [0.1, 0.15) is 28.3 Å². The molecule has 0 bridgehead atoms. The van der Waals surface area contributed by atoms with Crippen molar-refractivity contribution in [1.82, 2.24) is 0 Å². The Labute approximate surface area is 135 Å². The number of carbonyl (C=O) groups is 1. The molecule has 2 rings (SSSR count). The van der Waals surface area contributed by atoms with Crippen LogP contribution in [0.25, 0.3) is 0 Å². The SMILES string of the molecule is O=C(c1cccc(Cl)c1)C(CC(F)(F)F)c1cccc(Cl)c1. The average molecular weight is 347 g/mol. The maximum Gasteiger partial charge on any atom is 0.390 e. The van der Waals surface area contributed by atoms with Crippen molar-refractivity contribution >= 4 is 29.0 Å². The molecule has 0 aliphatic rings. The summed E-state index contributed by atoms with van der Waals surface area (Å²) in [5, 5.41) is 0.575. The van der Waals surface area contributed by atoms with E-state index in [1.807, 2.05) is 0 Å². The number of carbonyl (C=O) groups excluding carboxylic acids is 1. The van der Waals surface area contributed by atoms with Gasteiger partial charge in [-0.15, -0.1) is 0 Å². The highest BCUT2D eigenvalue weighted by molar-refractivity contribution is 6.31. The number of rotatable bonds is 4. The van der Waals surface area contributed by atoms with E-state index in [2.05, 4.69) is 0 Å². The smallest absolute Gasteiger partial charge is 0.293 e. The third-order valence-corrected chi connectivity index (χ3v) is 3.58. The van der Waals surface area contributed by atoms with Gasteiger partial charge in [0.15, 0.2) is 5.78 Å². The van der Waals surface area contributed by atoms with E-state index in [4.69, 9.17) is 23.2 Å². The monoisotopic (exact) mass is 346 g/mol. The van der Waals surface area contributed by atoms with Crippen molar-refractivity contribution in [2.24, 2.45) is 0 Å². The molecule has 0 saturated carbocycles. The van der Waals surface area contributed by atoms with Gasteiger partial charge in [0.2, 0.25) is 0 Å². The van der Waals surface area contributed by atoms with Gasteiger partial charge in [-0.05, 0) is 29.8 Å². The van der Waals surface area contributed by atoms with Crippen LogP contribution in [0.15, 0.2) is 48.5 Å². The maximum absolute atomic E-state index is 12.8. The van der Waals surface area contributed by atoms with Gasteiger partial charge in [0.25, 0.3) is 0 Å². The maximum atomic E-state index is 12.8. The van der Waals surface area contributed by atoms with Crippen LogP contribution in [0.4, 0.5) is 13.2 Å². The fraction of sp³-hybridized carbons (Fsp3) is 0.188. The zero-order valence-electron chi connectivity index (χ0n) is 11.2. The van der Waals surface area contributed by atoms with E-state index in [-0.39, 0.29) is 16.1 Å². The van der Waals surface area contributed by atoms with Gasteiger partial charge in [-0.2, -0.15) is 13.2 Å². The lowest BCUT2D eigenvalue weighted by atomic mass is 9.88. The molecule has 0 N–H and O–H groups in total. The minimum absolute atomic E-state index is 0.140. The molecule has 0 fully saturated rings. The quantitative estimate of drug-likeness (QED) is 0.628. The van der Waals surface area contributed by atoms with Gasteiger partial charge in [0, 0.05) is 15.6 Å². The minimum Gasteiger partial charge on any atom is -0.293 e. The van der Waals surface area contributed by atoms with Gasteiger partial charge in [-0.25, -0.2) is 0 Å². The Morgan fingerprint density at radius 3 is 2.14 bits per heavy atom. The van der Waals surface area contributed by atoms with Gasteiger partial charge in [0.05, 0.1) is 12.3 Å². The molecule has 1 nitrogen and oxygen atoms in total. The van der Waals surface area contributed by atoms with Crippen LogP contribution in [-0.4, -0.2) is 12.0 Å². The number of halogens is 5. The van der Waals surface area contributed by atoms with Crippen molar-refractivity contribution in [3.63, 3.8) is 0 Å². The van der Waals surface area contributed by atoms with Gasteiger partial charge in [-0.1, -0.05) is 47.5 Å². The lowest BCUT2D eigenvalue weighted by Gasteiger charge is -2.18. The van der Waals surface area contributed by atoms with Crippen LogP contribution >= 0.6 is 23.2 Å². The number of hydrogen-bond acceptors (Lipinski definition) is 1. The summed E-state index contributed by atoms with van der Waals surface area (Å²) < 4.78 is 38.5. The Kier molecular flexibility index (Phi) is 5.14. The number of benzene rings is 2. The molecule has 22 heavy (non-hydrogen) atoms. The van der Waals surface area contributed by atoms with Crippen molar-refractivity contribution in [3.05, 3.63) is 69.7 Å². The Morgan fingerprint density at radius 1 is 1.00 bits per heavy atom. The molecule has 0 radical (unpaired) electrons. The third-order valence-electron chi connectivity index (χ3n) is 3.11. The first kappa shape index (κ1) is 16.8. The summed E-state index contributed by atoms with van der Waals surface area (Å²) in [6.45, 7) is 0. The predicted molar refractivity (Wildman–Crippen MR) is 80.6 cm³/mol. The first-order valence-corrected chi connectivity index (χ1v) is 7.14. The van der Waals surface area contributed by atoms with Crippen LogP contribution in [0.5, 0.6) is 0 Å². The van der Waals surface area contributed by atoms with Crippen molar-refractivity contribution in [2.45, 2.75) is 18.5 Å². The van der Waals surface area contributed by atoms with E-state index < -0.39 is 24.3 Å². The largest absolute Gasteiger partial charge is 0.390 e. The second kappa shape index (κ2) is 6.71. The molecule has 0 aromatic heterocycles. The summed E-state index contributed by atoms with van der Waals surface area (Å²) in [5.41, 5.74) is 0.372. The van der Waals surface area contributed by atoms with E-state index in [9.17, 15) is 18.0 Å². The van der Waals surface area contributed by atoms with E-state index >= 15 is 0 Å². The second-order valence-corrected chi connectivity index (χ2v) is 5.67. The number of hydrogen-bond donors (Lipinski definition) is 0. The van der Waals surface area contributed by atoms with Crippen molar-refractivity contribution in [2.75, 3.05) is 0 Å².